The first-order valence-electron chi connectivity index (χ1n) is 8.67. The molecular weight excluding hydrogens is 306 g/mol. The summed E-state index contributed by atoms with van der Waals surface area (Å²) in [5.74, 6) is 2.66. The lowest BCUT2D eigenvalue weighted by molar-refractivity contribution is -0.132. The summed E-state index contributed by atoms with van der Waals surface area (Å²) < 4.78 is 7.47. The third-order valence-corrected chi connectivity index (χ3v) is 4.55. The van der Waals surface area contributed by atoms with Crippen LogP contribution in [0.2, 0.25) is 0 Å². The summed E-state index contributed by atoms with van der Waals surface area (Å²) in [7, 11) is 0. The molecule has 1 atom stereocenters. The van der Waals surface area contributed by atoms with E-state index < -0.39 is 0 Å². The Morgan fingerprint density at radius 2 is 2.29 bits per heavy atom. The van der Waals surface area contributed by atoms with Crippen LogP contribution < -0.4 is 0 Å². The summed E-state index contributed by atoms with van der Waals surface area (Å²) in [5.41, 5.74) is 0. The zero-order valence-corrected chi connectivity index (χ0v) is 14.6. The van der Waals surface area contributed by atoms with E-state index in [4.69, 9.17) is 4.52 Å². The number of hydrogen-bond acceptors (Lipinski definition) is 5. The van der Waals surface area contributed by atoms with E-state index >= 15 is 0 Å². The zero-order valence-electron chi connectivity index (χ0n) is 14.6. The van der Waals surface area contributed by atoms with Crippen LogP contribution in [0.1, 0.15) is 69.0 Å². The lowest BCUT2D eigenvalue weighted by atomic mass is 10.2. The minimum Gasteiger partial charge on any atom is -0.337 e. The van der Waals surface area contributed by atoms with Crippen molar-refractivity contribution in [3.05, 3.63) is 29.9 Å². The minimum absolute atomic E-state index is 0.0625. The van der Waals surface area contributed by atoms with E-state index in [0.717, 1.165) is 38.2 Å². The first-order chi connectivity index (χ1) is 11.6. The number of rotatable bonds is 6. The van der Waals surface area contributed by atoms with Gasteiger partial charge in [-0.2, -0.15) is 4.98 Å². The highest BCUT2D eigenvalue weighted by Crippen LogP contribution is 2.32. The molecule has 7 nitrogen and oxygen atoms in total. The molecule has 3 rings (SSSR count). The van der Waals surface area contributed by atoms with Crippen molar-refractivity contribution in [3.63, 3.8) is 0 Å². The van der Waals surface area contributed by atoms with Gasteiger partial charge in [0.1, 0.15) is 11.9 Å². The molecule has 3 heterocycles. The molecule has 0 aromatic carbocycles. The Morgan fingerprint density at radius 1 is 1.46 bits per heavy atom. The highest BCUT2D eigenvalue weighted by Gasteiger charge is 2.33. The van der Waals surface area contributed by atoms with Gasteiger partial charge in [-0.05, 0) is 26.2 Å². The van der Waals surface area contributed by atoms with Gasteiger partial charge in [0.05, 0.1) is 0 Å². The first kappa shape index (κ1) is 16.7. The second kappa shape index (κ2) is 7.15. The monoisotopic (exact) mass is 331 g/mol. The Hall–Kier alpha value is -2.18. The van der Waals surface area contributed by atoms with Crippen molar-refractivity contribution in [2.24, 2.45) is 0 Å². The molecule has 1 aliphatic rings. The van der Waals surface area contributed by atoms with Gasteiger partial charge < -0.3 is 14.0 Å². The molecule has 1 fully saturated rings. The summed E-state index contributed by atoms with van der Waals surface area (Å²) in [6.07, 6.45) is 6.95. The molecule has 0 aliphatic carbocycles. The molecule has 0 saturated carbocycles. The predicted molar refractivity (Wildman–Crippen MR) is 88.3 cm³/mol. The molecule has 2 aromatic heterocycles. The van der Waals surface area contributed by atoms with E-state index in [1.807, 2.05) is 31.9 Å². The standard InChI is InChI=1S/C17H25N5O2/c1-12(2)16-19-17(24-20-16)14-6-4-10-22(14)15(23)7-5-9-21-11-8-18-13(21)3/h8,11-12,14H,4-7,9-10H2,1-3H3/t14-/m1/s1. The lowest BCUT2D eigenvalue weighted by Crippen LogP contribution is -2.30. The predicted octanol–water partition coefficient (Wildman–Crippen LogP) is 2.84. The van der Waals surface area contributed by atoms with Crippen LogP contribution in [-0.4, -0.2) is 37.0 Å². The molecule has 7 heteroatoms. The van der Waals surface area contributed by atoms with Crippen LogP contribution >= 0.6 is 0 Å². The number of hydrogen-bond donors (Lipinski definition) is 0. The van der Waals surface area contributed by atoms with Crippen molar-refractivity contribution in [2.75, 3.05) is 6.54 Å². The van der Waals surface area contributed by atoms with Gasteiger partial charge in [0.25, 0.3) is 0 Å². The van der Waals surface area contributed by atoms with Gasteiger partial charge >= 0.3 is 0 Å². The Bertz CT molecular complexity index is 691. The quantitative estimate of drug-likeness (QED) is 0.813. The number of amides is 1. The van der Waals surface area contributed by atoms with E-state index in [2.05, 4.69) is 19.7 Å². The molecule has 0 unspecified atom stereocenters. The smallest absolute Gasteiger partial charge is 0.249 e. The average Bonchev–Trinajstić information content (AvgIpc) is 3.26. The second-order valence-corrected chi connectivity index (χ2v) is 6.66. The molecule has 0 radical (unpaired) electrons. The van der Waals surface area contributed by atoms with Crippen molar-refractivity contribution in [2.45, 2.75) is 65.0 Å². The van der Waals surface area contributed by atoms with Gasteiger partial charge in [-0.1, -0.05) is 19.0 Å². The Labute approximate surface area is 142 Å². The van der Waals surface area contributed by atoms with Crippen LogP contribution in [-0.2, 0) is 11.3 Å². The normalized spacial score (nSPS) is 17.8. The van der Waals surface area contributed by atoms with E-state index in [9.17, 15) is 4.79 Å². The maximum Gasteiger partial charge on any atom is 0.249 e. The van der Waals surface area contributed by atoms with Crippen molar-refractivity contribution in [1.82, 2.24) is 24.6 Å². The summed E-state index contributed by atoms with van der Waals surface area (Å²) >= 11 is 0. The summed E-state index contributed by atoms with van der Waals surface area (Å²) in [5, 5.41) is 4.03. The number of imidazole rings is 1. The number of aryl methyl sites for hydroxylation is 2. The number of carbonyl (C=O) groups excluding carboxylic acids is 1. The Kier molecular flexibility index (Phi) is 4.97. The van der Waals surface area contributed by atoms with E-state index in [1.54, 1.807) is 6.20 Å². The zero-order chi connectivity index (χ0) is 17.1. The van der Waals surface area contributed by atoms with Gasteiger partial charge in [0.15, 0.2) is 5.82 Å². The molecule has 2 aromatic rings. The van der Waals surface area contributed by atoms with E-state index in [0.29, 0.717) is 18.1 Å². The third kappa shape index (κ3) is 3.49. The van der Waals surface area contributed by atoms with Crippen LogP contribution in [0, 0.1) is 6.92 Å². The van der Waals surface area contributed by atoms with Gasteiger partial charge in [0.2, 0.25) is 11.8 Å². The maximum atomic E-state index is 12.6. The number of nitrogens with zero attached hydrogens (tertiary/aromatic N) is 5. The fourth-order valence-electron chi connectivity index (χ4n) is 3.12. The third-order valence-electron chi connectivity index (χ3n) is 4.55. The van der Waals surface area contributed by atoms with Crippen LogP contribution in [0.4, 0.5) is 0 Å². The second-order valence-electron chi connectivity index (χ2n) is 6.66. The lowest BCUT2D eigenvalue weighted by Gasteiger charge is -2.22. The van der Waals surface area contributed by atoms with Gasteiger partial charge in [0, 0.05) is 37.8 Å². The largest absolute Gasteiger partial charge is 0.337 e. The van der Waals surface area contributed by atoms with Crippen LogP contribution in [0.3, 0.4) is 0 Å². The number of likely N-dealkylation sites (tertiary alicyclic amines) is 1. The van der Waals surface area contributed by atoms with Gasteiger partial charge in [-0.15, -0.1) is 0 Å². The Balaban J connectivity index is 1.58. The average molecular weight is 331 g/mol. The summed E-state index contributed by atoms with van der Waals surface area (Å²) in [6, 6.07) is -0.0625. The molecule has 130 valence electrons. The first-order valence-corrected chi connectivity index (χ1v) is 8.67. The van der Waals surface area contributed by atoms with Crippen LogP contribution in [0.25, 0.3) is 0 Å². The SMILES string of the molecule is Cc1nccn1CCCC(=O)N1CCC[C@@H]1c1nc(C(C)C)no1. The number of aromatic nitrogens is 4. The molecule has 1 aliphatic heterocycles. The number of carbonyl (C=O) groups is 1. The summed E-state index contributed by atoms with van der Waals surface area (Å²) in [6.45, 7) is 7.62. The van der Waals surface area contributed by atoms with Gasteiger partial charge in [-0.3, -0.25) is 4.79 Å². The molecule has 0 spiro atoms. The molecule has 1 saturated heterocycles. The van der Waals surface area contributed by atoms with Crippen molar-refractivity contribution < 1.29 is 9.32 Å². The molecule has 24 heavy (non-hydrogen) atoms. The minimum atomic E-state index is -0.0625. The molecule has 1 amide bonds. The highest BCUT2D eigenvalue weighted by molar-refractivity contribution is 5.76. The maximum absolute atomic E-state index is 12.6. The van der Waals surface area contributed by atoms with Crippen LogP contribution in [0.15, 0.2) is 16.9 Å². The van der Waals surface area contributed by atoms with E-state index in [1.165, 1.54) is 0 Å². The molecule has 0 bridgehead atoms. The molecular formula is C17H25N5O2. The molecule has 0 N–H and O–H groups in total. The Morgan fingerprint density at radius 3 is 2.96 bits per heavy atom. The van der Waals surface area contributed by atoms with Crippen molar-refractivity contribution >= 4 is 5.91 Å². The summed E-state index contributed by atoms with van der Waals surface area (Å²) in [4.78, 5) is 23.2. The van der Waals surface area contributed by atoms with Crippen molar-refractivity contribution in [3.8, 4) is 0 Å². The fraction of sp³-hybridized carbons (Fsp3) is 0.647. The van der Waals surface area contributed by atoms with Crippen molar-refractivity contribution in [1.29, 1.82) is 0 Å². The van der Waals surface area contributed by atoms with Crippen LogP contribution in [0.5, 0.6) is 0 Å². The fourth-order valence-corrected chi connectivity index (χ4v) is 3.12. The highest BCUT2D eigenvalue weighted by atomic mass is 16.5. The van der Waals surface area contributed by atoms with E-state index in [-0.39, 0.29) is 17.9 Å². The topological polar surface area (TPSA) is 77.1 Å². The van der Waals surface area contributed by atoms with Gasteiger partial charge in [-0.25, -0.2) is 4.98 Å².